The third-order valence-corrected chi connectivity index (χ3v) is 9.37. The second-order valence-corrected chi connectivity index (χ2v) is 12.5. The number of piperidine rings is 1. The number of hydrogen-bond acceptors (Lipinski definition) is 7. The van der Waals surface area contributed by atoms with Crippen molar-refractivity contribution in [3.05, 3.63) is 0 Å². The highest BCUT2D eigenvalue weighted by molar-refractivity contribution is 5.66. The number of methoxy groups -OCH3 is 1. The molecule has 2 saturated carbocycles. The Hall–Kier alpha value is -1.22. The van der Waals surface area contributed by atoms with Crippen molar-refractivity contribution in [1.29, 1.82) is 0 Å². The number of aliphatic hydroxyl groups is 1. The van der Waals surface area contributed by atoms with Gasteiger partial charge in [0.15, 0.2) is 0 Å². The molecular formula is C30H55N2O6+. The Kier molecular flexibility index (Phi) is 13.3. The van der Waals surface area contributed by atoms with Crippen molar-refractivity contribution in [3.8, 4) is 0 Å². The summed E-state index contributed by atoms with van der Waals surface area (Å²) in [5.41, 5.74) is 6.19. The van der Waals surface area contributed by atoms with E-state index in [4.69, 9.17) is 19.9 Å². The van der Waals surface area contributed by atoms with Gasteiger partial charge >= 0.3 is 11.9 Å². The van der Waals surface area contributed by atoms with Gasteiger partial charge in [-0.3, -0.25) is 15.3 Å². The molecule has 3 fully saturated rings. The highest BCUT2D eigenvalue weighted by Gasteiger charge is 2.39. The van der Waals surface area contributed by atoms with Gasteiger partial charge in [-0.25, -0.2) is 0 Å². The molecule has 0 bridgehead atoms. The summed E-state index contributed by atoms with van der Waals surface area (Å²) in [7, 11) is 1.69. The van der Waals surface area contributed by atoms with E-state index >= 15 is 0 Å². The number of rotatable bonds is 11. The number of ether oxygens (including phenoxy) is 3. The van der Waals surface area contributed by atoms with E-state index in [1.165, 1.54) is 33.1 Å². The maximum Gasteiger partial charge on any atom is 0.302 e. The maximum atomic E-state index is 12.0. The summed E-state index contributed by atoms with van der Waals surface area (Å²) in [4.78, 5) is 24.0. The molecule has 1 heterocycles. The molecule has 1 aliphatic heterocycles. The zero-order valence-electron chi connectivity index (χ0n) is 24.2. The van der Waals surface area contributed by atoms with Crippen molar-refractivity contribution < 1.29 is 34.2 Å². The van der Waals surface area contributed by atoms with Gasteiger partial charge in [-0.05, 0) is 75.0 Å². The van der Waals surface area contributed by atoms with Gasteiger partial charge in [-0.15, -0.1) is 0 Å². The first-order valence-electron chi connectivity index (χ1n) is 15.4. The van der Waals surface area contributed by atoms with Crippen LogP contribution in [0.4, 0.5) is 0 Å². The van der Waals surface area contributed by atoms with Crippen LogP contribution in [0.15, 0.2) is 0 Å². The van der Waals surface area contributed by atoms with Crippen molar-refractivity contribution in [2.75, 3.05) is 13.7 Å². The van der Waals surface area contributed by atoms with Crippen LogP contribution < -0.4 is 11.1 Å². The Bertz CT molecular complexity index is 713. The Balaban J connectivity index is 1.62. The average molecular weight is 540 g/mol. The van der Waals surface area contributed by atoms with Gasteiger partial charge in [0.25, 0.3) is 0 Å². The minimum Gasteiger partial charge on any atom is -0.462 e. The summed E-state index contributed by atoms with van der Waals surface area (Å²) in [6.07, 6.45) is 14.4. The van der Waals surface area contributed by atoms with E-state index in [1.54, 1.807) is 7.11 Å². The number of nitrogens with two attached hydrogens (primary N) is 2. The van der Waals surface area contributed by atoms with Crippen LogP contribution >= 0.6 is 0 Å². The first kappa shape index (κ1) is 31.3. The Morgan fingerprint density at radius 3 is 2.26 bits per heavy atom. The number of carbonyl (C=O) groups excluding carboxylic acids is 2. The van der Waals surface area contributed by atoms with Crippen molar-refractivity contribution >= 4 is 11.9 Å². The van der Waals surface area contributed by atoms with Gasteiger partial charge in [-0.2, -0.15) is 0 Å². The van der Waals surface area contributed by atoms with Crippen molar-refractivity contribution in [2.45, 2.75) is 141 Å². The molecule has 2 aliphatic carbocycles. The van der Waals surface area contributed by atoms with Gasteiger partial charge in [-0.1, -0.05) is 32.1 Å². The lowest BCUT2D eigenvalue weighted by atomic mass is 9.71. The zero-order chi connectivity index (χ0) is 27.5. The largest absolute Gasteiger partial charge is 0.462 e. The Morgan fingerprint density at radius 1 is 0.947 bits per heavy atom. The lowest BCUT2D eigenvalue weighted by molar-refractivity contribution is -0.699. The quantitative estimate of drug-likeness (QED) is 0.344. The molecule has 0 radical (unpaired) electrons. The first-order valence-corrected chi connectivity index (χ1v) is 15.4. The van der Waals surface area contributed by atoms with E-state index in [9.17, 15) is 14.7 Å². The summed E-state index contributed by atoms with van der Waals surface area (Å²) in [5, 5.41) is 13.3. The molecule has 8 atom stereocenters. The topological polar surface area (TPSA) is 125 Å². The number of aliphatic hydroxyl groups excluding tert-OH is 1. The van der Waals surface area contributed by atoms with E-state index in [0.717, 1.165) is 77.2 Å². The van der Waals surface area contributed by atoms with Gasteiger partial charge in [0.2, 0.25) is 0 Å². The smallest absolute Gasteiger partial charge is 0.302 e. The number of hydrogen-bond donors (Lipinski definition) is 3. The molecule has 38 heavy (non-hydrogen) atoms. The molecule has 3 rings (SSSR count). The Morgan fingerprint density at radius 2 is 1.63 bits per heavy atom. The van der Waals surface area contributed by atoms with Gasteiger partial charge in [0.1, 0.15) is 18.4 Å². The molecule has 0 aromatic rings. The number of carbonyl (C=O) groups is 2. The molecule has 0 spiro atoms. The highest BCUT2D eigenvalue weighted by atomic mass is 16.6. The molecule has 220 valence electrons. The molecule has 8 unspecified atom stereocenters. The third kappa shape index (κ3) is 10.4. The van der Waals surface area contributed by atoms with Crippen molar-refractivity contribution in [1.82, 2.24) is 0 Å². The van der Waals surface area contributed by atoms with Gasteiger partial charge in [0.05, 0.1) is 18.8 Å². The summed E-state index contributed by atoms with van der Waals surface area (Å²) in [6, 6.07) is 0. The predicted octanol–water partition coefficient (Wildman–Crippen LogP) is 3.43. The van der Waals surface area contributed by atoms with E-state index in [-0.39, 0.29) is 42.3 Å². The minimum atomic E-state index is -0.449. The lowest BCUT2D eigenvalue weighted by Gasteiger charge is -2.41. The molecule has 3 aliphatic rings. The van der Waals surface area contributed by atoms with Crippen molar-refractivity contribution in [2.24, 2.45) is 29.4 Å². The summed E-state index contributed by atoms with van der Waals surface area (Å²) < 4.78 is 17.4. The fourth-order valence-corrected chi connectivity index (χ4v) is 7.48. The van der Waals surface area contributed by atoms with Crippen LogP contribution in [0.1, 0.15) is 110 Å². The predicted molar refractivity (Wildman–Crippen MR) is 146 cm³/mol. The molecule has 8 nitrogen and oxygen atoms in total. The summed E-state index contributed by atoms with van der Waals surface area (Å²) >= 11 is 0. The summed E-state index contributed by atoms with van der Waals surface area (Å²) in [6.45, 7) is 4.00. The second-order valence-electron chi connectivity index (χ2n) is 12.5. The van der Waals surface area contributed by atoms with Crippen LogP contribution in [0.5, 0.6) is 0 Å². The first-order chi connectivity index (χ1) is 18.2. The van der Waals surface area contributed by atoms with Crippen LogP contribution in [-0.2, 0) is 23.8 Å². The molecule has 8 heteroatoms. The second kappa shape index (κ2) is 16.1. The van der Waals surface area contributed by atoms with E-state index in [2.05, 4.69) is 5.32 Å². The van der Waals surface area contributed by atoms with Crippen molar-refractivity contribution in [3.63, 3.8) is 0 Å². The SMILES string of the molecule is COC1CC(CCC(CC(OC(C)=O)C2CCCCCCC2)OC(C)=O)CC(CC2CC[NH2+]C(N)C2)C1O. The van der Waals surface area contributed by atoms with Crippen LogP contribution in [-0.4, -0.2) is 61.3 Å². The molecule has 1 saturated heterocycles. The monoisotopic (exact) mass is 539 g/mol. The number of quaternary nitrogens is 1. The van der Waals surface area contributed by atoms with Crippen LogP contribution in [0.3, 0.4) is 0 Å². The molecule has 0 amide bonds. The van der Waals surface area contributed by atoms with E-state index in [1.807, 2.05) is 0 Å². The fraction of sp³-hybridized carbons (Fsp3) is 0.933. The van der Waals surface area contributed by atoms with Gasteiger partial charge in [0, 0.05) is 33.8 Å². The molecule has 5 N–H and O–H groups in total. The zero-order valence-corrected chi connectivity index (χ0v) is 24.2. The Labute approximate surface area is 230 Å². The standard InChI is InChI=1S/C30H54N2O6/c1-20(33)37-26(19-27(38-21(2)34)24-9-7-5-4-6-8-10-24)12-11-22-15-25(30(35)28(17-22)36-3)16-23-13-14-32-29(31)18-23/h22-30,32,35H,4-19,31H2,1-3H3/p+1. The van der Waals surface area contributed by atoms with Gasteiger partial charge < -0.3 is 24.6 Å². The maximum absolute atomic E-state index is 12.0. The lowest BCUT2D eigenvalue weighted by Crippen LogP contribution is -2.94. The third-order valence-electron chi connectivity index (χ3n) is 9.37. The van der Waals surface area contributed by atoms with Crippen LogP contribution in [0, 0.1) is 23.7 Å². The van der Waals surface area contributed by atoms with E-state index < -0.39 is 6.10 Å². The normalized spacial score (nSPS) is 33.0. The average Bonchev–Trinajstić information content (AvgIpc) is 2.83. The molecular weight excluding hydrogens is 484 g/mol. The minimum absolute atomic E-state index is 0.163. The number of esters is 2. The molecule has 0 aromatic carbocycles. The fourth-order valence-electron chi connectivity index (χ4n) is 7.48. The highest BCUT2D eigenvalue weighted by Crippen LogP contribution is 2.39. The summed E-state index contributed by atoms with van der Waals surface area (Å²) in [5.74, 6) is 0.919. The molecule has 0 aromatic heterocycles. The van der Waals surface area contributed by atoms with E-state index in [0.29, 0.717) is 24.2 Å². The van der Waals surface area contributed by atoms with Crippen LogP contribution in [0.25, 0.3) is 0 Å². The van der Waals surface area contributed by atoms with Crippen LogP contribution in [0.2, 0.25) is 0 Å².